The van der Waals surface area contributed by atoms with E-state index in [1.807, 2.05) is 38.1 Å². The van der Waals surface area contributed by atoms with E-state index in [1.165, 1.54) is 0 Å². The van der Waals surface area contributed by atoms with Crippen molar-refractivity contribution in [2.75, 3.05) is 5.73 Å². The average Bonchev–Trinajstić information content (AvgIpc) is 2.74. The van der Waals surface area contributed by atoms with Gasteiger partial charge in [-0.25, -0.2) is 0 Å². The number of nitrogens with two attached hydrogens (primary N) is 2. The molecule has 0 saturated carbocycles. The van der Waals surface area contributed by atoms with Gasteiger partial charge in [0.05, 0.1) is 0 Å². The van der Waals surface area contributed by atoms with Gasteiger partial charge in [-0.05, 0) is 24.1 Å². The molecule has 0 unspecified atom stereocenters. The molecule has 0 bridgehead atoms. The maximum Gasteiger partial charge on any atom is 0.284 e. The van der Waals surface area contributed by atoms with Crippen LogP contribution in [-0.4, -0.2) is 5.91 Å². The monoisotopic (exact) mass is 244 g/mol. The summed E-state index contributed by atoms with van der Waals surface area (Å²) in [6.45, 7) is 3.96. The van der Waals surface area contributed by atoms with Crippen LogP contribution < -0.4 is 11.5 Å². The average molecular weight is 244 g/mol. The van der Waals surface area contributed by atoms with Crippen LogP contribution in [0.3, 0.4) is 0 Å². The van der Waals surface area contributed by atoms with E-state index in [4.69, 9.17) is 15.9 Å². The van der Waals surface area contributed by atoms with Crippen LogP contribution in [-0.2, 0) is 0 Å². The molecule has 0 saturated heterocycles. The van der Waals surface area contributed by atoms with E-state index in [-0.39, 0.29) is 11.7 Å². The molecule has 4 nitrogen and oxygen atoms in total. The van der Waals surface area contributed by atoms with Gasteiger partial charge in [0.2, 0.25) is 0 Å². The number of nitrogen functional groups attached to an aromatic ring is 1. The fourth-order valence-electron chi connectivity index (χ4n) is 1.88. The second-order valence-electron chi connectivity index (χ2n) is 4.50. The van der Waals surface area contributed by atoms with Crippen molar-refractivity contribution >= 4 is 11.6 Å². The van der Waals surface area contributed by atoms with E-state index in [1.54, 1.807) is 6.07 Å². The number of primary amides is 1. The van der Waals surface area contributed by atoms with Crippen LogP contribution in [0.4, 0.5) is 5.69 Å². The zero-order chi connectivity index (χ0) is 13.3. The lowest BCUT2D eigenvalue weighted by atomic mass is 10.0. The number of furan rings is 1. The van der Waals surface area contributed by atoms with Gasteiger partial charge in [0.25, 0.3) is 5.91 Å². The highest BCUT2D eigenvalue weighted by Gasteiger charge is 2.19. The number of carbonyl (C=O) groups is 1. The van der Waals surface area contributed by atoms with E-state index in [0.717, 1.165) is 11.1 Å². The Morgan fingerprint density at radius 2 is 1.94 bits per heavy atom. The molecule has 18 heavy (non-hydrogen) atoms. The zero-order valence-corrected chi connectivity index (χ0v) is 10.4. The van der Waals surface area contributed by atoms with Gasteiger partial charge in [0, 0.05) is 16.8 Å². The number of benzene rings is 1. The van der Waals surface area contributed by atoms with Crippen molar-refractivity contribution in [3.63, 3.8) is 0 Å². The summed E-state index contributed by atoms with van der Waals surface area (Å²) < 4.78 is 5.55. The molecule has 0 fully saturated rings. The van der Waals surface area contributed by atoms with Gasteiger partial charge in [-0.1, -0.05) is 26.0 Å². The zero-order valence-electron chi connectivity index (χ0n) is 10.4. The van der Waals surface area contributed by atoms with Crippen LogP contribution in [0.5, 0.6) is 0 Å². The van der Waals surface area contributed by atoms with Crippen LogP contribution in [0.2, 0.25) is 0 Å². The summed E-state index contributed by atoms with van der Waals surface area (Å²) in [6.07, 6.45) is 0. The SMILES string of the molecule is CC(C)c1cc(-c2ccccc2N)oc1C(N)=O. The number of hydrogen-bond donors (Lipinski definition) is 2. The quantitative estimate of drug-likeness (QED) is 0.814. The molecule has 0 spiro atoms. The predicted molar refractivity (Wildman–Crippen MR) is 71.2 cm³/mol. The fraction of sp³-hybridized carbons (Fsp3) is 0.214. The largest absolute Gasteiger partial charge is 0.451 e. The number of para-hydroxylation sites is 1. The second-order valence-corrected chi connectivity index (χ2v) is 4.50. The van der Waals surface area contributed by atoms with E-state index in [2.05, 4.69) is 0 Å². The van der Waals surface area contributed by atoms with Gasteiger partial charge < -0.3 is 15.9 Å². The molecule has 0 atom stereocenters. The number of hydrogen-bond acceptors (Lipinski definition) is 3. The summed E-state index contributed by atoms with van der Waals surface area (Å²) in [7, 11) is 0. The molecule has 2 aromatic rings. The molecule has 1 aromatic heterocycles. The minimum absolute atomic E-state index is 0.162. The van der Waals surface area contributed by atoms with E-state index in [0.29, 0.717) is 11.4 Å². The molecule has 1 aromatic carbocycles. The first kappa shape index (κ1) is 12.2. The Bertz CT molecular complexity index is 585. The fourth-order valence-corrected chi connectivity index (χ4v) is 1.88. The Morgan fingerprint density at radius 3 is 2.44 bits per heavy atom. The van der Waals surface area contributed by atoms with Gasteiger partial charge in [0.15, 0.2) is 5.76 Å². The van der Waals surface area contributed by atoms with Crippen molar-refractivity contribution in [1.82, 2.24) is 0 Å². The lowest BCUT2D eigenvalue weighted by molar-refractivity contribution is 0.0973. The van der Waals surface area contributed by atoms with Crippen LogP contribution in [0.25, 0.3) is 11.3 Å². The van der Waals surface area contributed by atoms with Crippen molar-refractivity contribution in [3.05, 3.63) is 41.7 Å². The second kappa shape index (κ2) is 4.56. The first-order chi connectivity index (χ1) is 8.50. The number of anilines is 1. The standard InChI is InChI=1S/C14H16N2O2/c1-8(2)10-7-12(18-13(10)14(16)17)9-5-3-4-6-11(9)15/h3-8H,15H2,1-2H3,(H2,16,17). The van der Waals surface area contributed by atoms with Crippen LogP contribution in [0.15, 0.2) is 34.7 Å². The van der Waals surface area contributed by atoms with Crippen LogP contribution >= 0.6 is 0 Å². The van der Waals surface area contributed by atoms with E-state index < -0.39 is 5.91 Å². The normalized spacial score (nSPS) is 10.8. The van der Waals surface area contributed by atoms with Gasteiger partial charge in [-0.2, -0.15) is 0 Å². The molecule has 4 heteroatoms. The first-order valence-electron chi connectivity index (χ1n) is 5.79. The molecule has 1 amide bonds. The molecule has 4 N–H and O–H groups in total. The summed E-state index contributed by atoms with van der Waals surface area (Å²) in [5, 5.41) is 0. The molecular weight excluding hydrogens is 228 g/mol. The number of carbonyl (C=O) groups excluding carboxylic acids is 1. The van der Waals surface area contributed by atoms with Crippen molar-refractivity contribution < 1.29 is 9.21 Å². The summed E-state index contributed by atoms with van der Waals surface area (Å²) in [5.74, 6) is 0.392. The minimum atomic E-state index is -0.556. The van der Waals surface area contributed by atoms with Crippen molar-refractivity contribution in [3.8, 4) is 11.3 Å². The molecule has 0 radical (unpaired) electrons. The topological polar surface area (TPSA) is 82.2 Å². The van der Waals surface area contributed by atoms with Crippen LogP contribution in [0, 0.1) is 0 Å². The molecule has 1 heterocycles. The van der Waals surface area contributed by atoms with Gasteiger partial charge in [0.1, 0.15) is 5.76 Å². The highest BCUT2D eigenvalue weighted by molar-refractivity contribution is 5.92. The summed E-state index contributed by atoms with van der Waals surface area (Å²) in [6, 6.07) is 9.18. The summed E-state index contributed by atoms with van der Waals surface area (Å²) in [5.41, 5.74) is 13.4. The van der Waals surface area contributed by atoms with E-state index >= 15 is 0 Å². The third kappa shape index (κ3) is 2.09. The first-order valence-corrected chi connectivity index (χ1v) is 5.79. The Labute approximate surface area is 106 Å². The van der Waals surface area contributed by atoms with Gasteiger partial charge >= 0.3 is 0 Å². The molecular formula is C14H16N2O2. The Balaban J connectivity index is 2.57. The smallest absolute Gasteiger partial charge is 0.284 e. The lowest BCUT2D eigenvalue weighted by Crippen LogP contribution is -2.12. The lowest BCUT2D eigenvalue weighted by Gasteiger charge is -2.00. The number of amides is 1. The predicted octanol–water partition coefficient (Wildman–Crippen LogP) is 2.75. The minimum Gasteiger partial charge on any atom is -0.451 e. The van der Waals surface area contributed by atoms with Gasteiger partial charge in [-0.3, -0.25) is 4.79 Å². The third-order valence-corrected chi connectivity index (χ3v) is 2.83. The number of rotatable bonds is 3. The van der Waals surface area contributed by atoms with E-state index in [9.17, 15) is 4.79 Å². The Kier molecular flexibility index (Phi) is 3.10. The molecule has 0 aliphatic carbocycles. The van der Waals surface area contributed by atoms with Crippen LogP contribution in [0.1, 0.15) is 35.9 Å². The van der Waals surface area contributed by atoms with Crippen molar-refractivity contribution in [2.45, 2.75) is 19.8 Å². The maximum absolute atomic E-state index is 11.4. The summed E-state index contributed by atoms with van der Waals surface area (Å²) in [4.78, 5) is 11.4. The third-order valence-electron chi connectivity index (χ3n) is 2.83. The van der Waals surface area contributed by atoms with Crippen molar-refractivity contribution in [2.24, 2.45) is 5.73 Å². The van der Waals surface area contributed by atoms with Gasteiger partial charge in [-0.15, -0.1) is 0 Å². The van der Waals surface area contributed by atoms with Crippen molar-refractivity contribution in [1.29, 1.82) is 0 Å². The highest BCUT2D eigenvalue weighted by atomic mass is 16.4. The Hall–Kier alpha value is -2.23. The Morgan fingerprint density at radius 1 is 1.28 bits per heavy atom. The molecule has 94 valence electrons. The highest BCUT2D eigenvalue weighted by Crippen LogP contribution is 2.32. The summed E-state index contributed by atoms with van der Waals surface area (Å²) >= 11 is 0. The maximum atomic E-state index is 11.4. The molecule has 0 aliphatic rings. The molecule has 0 aliphatic heterocycles. The molecule has 2 rings (SSSR count).